The molecule has 2 aliphatic heterocycles. The third-order valence-corrected chi connectivity index (χ3v) is 6.44. The van der Waals surface area contributed by atoms with Gasteiger partial charge in [0.05, 0.1) is 5.00 Å². The summed E-state index contributed by atoms with van der Waals surface area (Å²) in [5.41, 5.74) is 0. The Balaban J connectivity index is 0.00000261. The van der Waals surface area contributed by atoms with Crippen molar-refractivity contribution in [2.24, 2.45) is 10.9 Å². The SMILES string of the molecule is CCNC(=NCC1CCCN(C(C)C)C1)N1CCN(c2cccs2)CC1.I. The molecule has 0 spiro atoms. The summed E-state index contributed by atoms with van der Waals surface area (Å²) in [5.74, 6) is 1.81. The highest BCUT2D eigenvalue weighted by atomic mass is 127. The number of piperidine rings is 1. The van der Waals surface area contributed by atoms with Crippen LogP contribution in [0, 0.1) is 5.92 Å². The molecule has 2 saturated heterocycles. The first-order chi connectivity index (χ1) is 12.7. The highest BCUT2D eigenvalue weighted by Gasteiger charge is 2.23. The van der Waals surface area contributed by atoms with Gasteiger partial charge in [0.2, 0.25) is 0 Å². The number of guanidine groups is 1. The molecule has 1 atom stereocenters. The number of nitrogens with zero attached hydrogens (tertiary/aromatic N) is 4. The lowest BCUT2D eigenvalue weighted by molar-refractivity contribution is 0.143. The Labute approximate surface area is 186 Å². The smallest absolute Gasteiger partial charge is 0.194 e. The minimum absolute atomic E-state index is 0. The van der Waals surface area contributed by atoms with Gasteiger partial charge >= 0.3 is 0 Å². The van der Waals surface area contributed by atoms with E-state index in [0.29, 0.717) is 12.0 Å². The number of nitrogens with one attached hydrogen (secondary N) is 1. The second-order valence-electron chi connectivity index (χ2n) is 7.72. The van der Waals surface area contributed by atoms with Crippen LogP contribution in [0.2, 0.25) is 0 Å². The molecular weight excluding hydrogens is 469 g/mol. The van der Waals surface area contributed by atoms with Gasteiger partial charge in [-0.2, -0.15) is 0 Å². The molecule has 0 bridgehead atoms. The number of piperazine rings is 1. The first-order valence-corrected chi connectivity index (χ1v) is 11.1. The van der Waals surface area contributed by atoms with E-state index in [1.165, 1.54) is 30.9 Å². The van der Waals surface area contributed by atoms with Crippen LogP contribution < -0.4 is 10.2 Å². The molecule has 0 saturated carbocycles. The van der Waals surface area contributed by atoms with Gasteiger partial charge in [-0.3, -0.25) is 4.99 Å². The van der Waals surface area contributed by atoms with E-state index in [2.05, 4.69) is 58.3 Å². The highest BCUT2D eigenvalue weighted by molar-refractivity contribution is 14.0. The molecule has 1 N–H and O–H groups in total. The Morgan fingerprint density at radius 2 is 2.04 bits per heavy atom. The van der Waals surface area contributed by atoms with Crippen molar-refractivity contribution in [1.29, 1.82) is 0 Å². The lowest BCUT2D eigenvalue weighted by atomic mass is 9.97. The van der Waals surface area contributed by atoms with Gasteiger partial charge in [-0.05, 0) is 63.6 Å². The molecule has 3 rings (SSSR count). The zero-order valence-corrected chi connectivity index (χ0v) is 20.2. The normalized spacial score (nSPS) is 22.1. The molecule has 27 heavy (non-hydrogen) atoms. The molecule has 5 nitrogen and oxygen atoms in total. The van der Waals surface area contributed by atoms with Crippen LogP contribution in [0.15, 0.2) is 22.5 Å². The lowest BCUT2D eigenvalue weighted by Gasteiger charge is -2.37. The second-order valence-corrected chi connectivity index (χ2v) is 8.64. The van der Waals surface area contributed by atoms with E-state index in [0.717, 1.165) is 45.2 Å². The summed E-state index contributed by atoms with van der Waals surface area (Å²) in [6.07, 6.45) is 2.63. The number of aliphatic imine (C=N–C) groups is 1. The van der Waals surface area contributed by atoms with Crippen LogP contribution in [0.1, 0.15) is 33.6 Å². The van der Waals surface area contributed by atoms with Crippen LogP contribution in [0.3, 0.4) is 0 Å². The van der Waals surface area contributed by atoms with Gasteiger partial charge in [0.1, 0.15) is 0 Å². The Kier molecular flexibility index (Phi) is 9.65. The number of likely N-dealkylation sites (tertiary alicyclic amines) is 1. The summed E-state index contributed by atoms with van der Waals surface area (Å²) in [5, 5.41) is 7.08. The number of hydrogen-bond acceptors (Lipinski definition) is 4. The van der Waals surface area contributed by atoms with Gasteiger partial charge in [0, 0.05) is 51.9 Å². The molecule has 154 valence electrons. The molecule has 2 aliphatic rings. The number of halogens is 1. The average Bonchev–Trinajstić information content (AvgIpc) is 3.20. The summed E-state index contributed by atoms with van der Waals surface area (Å²) in [4.78, 5) is 12.6. The van der Waals surface area contributed by atoms with Gasteiger partial charge in [-0.15, -0.1) is 35.3 Å². The Bertz CT molecular complexity index is 555. The fourth-order valence-electron chi connectivity index (χ4n) is 3.95. The minimum atomic E-state index is 0. The molecular formula is C20H36IN5S. The van der Waals surface area contributed by atoms with E-state index in [1.54, 1.807) is 0 Å². The highest BCUT2D eigenvalue weighted by Crippen LogP contribution is 2.22. The van der Waals surface area contributed by atoms with Crippen molar-refractivity contribution >= 4 is 46.3 Å². The van der Waals surface area contributed by atoms with E-state index in [9.17, 15) is 0 Å². The van der Waals surface area contributed by atoms with Crippen molar-refractivity contribution in [1.82, 2.24) is 15.1 Å². The molecule has 0 amide bonds. The van der Waals surface area contributed by atoms with E-state index < -0.39 is 0 Å². The predicted octanol–water partition coefficient (Wildman–Crippen LogP) is 3.57. The quantitative estimate of drug-likeness (QED) is 0.377. The van der Waals surface area contributed by atoms with E-state index in [1.807, 2.05) is 11.3 Å². The maximum Gasteiger partial charge on any atom is 0.194 e. The van der Waals surface area contributed by atoms with Crippen LogP contribution in [0.25, 0.3) is 0 Å². The van der Waals surface area contributed by atoms with Crippen LogP contribution >= 0.6 is 35.3 Å². The number of rotatable bonds is 5. The first-order valence-electron chi connectivity index (χ1n) is 10.2. The van der Waals surface area contributed by atoms with Gasteiger partial charge in [-0.25, -0.2) is 0 Å². The fraction of sp³-hybridized carbons (Fsp3) is 0.750. The molecule has 0 radical (unpaired) electrons. The molecule has 0 aliphatic carbocycles. The summed E-state index contributed by atoms with van der Waals surface area (Å²) in [7, 11) is 0. The van der Waals surface area contributed by atoms with Crippen LogP contribution in [0.4, 0.5) is 5.00 Å². The molecule has 1 aromatic heterocycles. The largest absolute Gasteiger partial charge is 0.360 e. The molecule has 3 heterocycles. The maximum atomic E-state index is 5.03. The topological polar surface area (TPSA) is 34.1 Å². The molecule has 7 heteroatoms. The van der Waals surface area contributed by atoms with Crippen molar-refractivity contribution in [3.63, 3.8) is 0 Å². The maximum absolute atomic E-state index is 5.03. The summed E-state index contributed by atoms with van der Waals surface area (Å²) < 4.78 is 0. The first kappa shape index (κ1) is 22.7. The molecule has 1 unspecified atom stereocenters. The van der Waals surface area contributed by atoms with E-state index >= 15 is 0 Å². The van der Waals surface area contributed by atoms with E-state index in [4.69, 9.17) is 4.99 Å². The van der Waals surface area contributed by atoms with Crippen molar-refractivity contribution in [3.05, 3.63) is 17.5 Å². The predicted molar refractivity (Wildman–Crippen MR) is 129 cm³/mol. The summed E-state index contributed by atoms with van der Waals surface area (Å²) in [6.45, 7) is 15.4. The van der Waals surface area contributed by atoms with Crippen molar-refractivity contribution in [3.8, 4) is 0 Å². The standard InChI is InChI=1S/C20H35N5S.HI/c1-4-21-20(22-15-18-7-5-9-25(16-18)17(2)3)24-12-10-23(11-13-24)19-8-6-14-26-19;/h6,8,14,17-18H,4-5,7,9-13,15-16H2,1-3H3,(H,21,22);1H. The minimum Gasteiger partial charge on any atom is -0.360 e. The second kappa shape index (κ2) is 11.5. The van der Waals surface area contributed by atoms with Gasteiger partial charge in [-0.1, -0.05) is 0 Å². The lowest BCUT2D eigenvalue weighted by Crippen LogP contribution is -2.52. The summed E-state index contributed by atoms with van der Waals surface area (Å²) in [6, 6.07) is 5.02. The fourth-order valence-corrected chi connectivity index (χ4v) is 4.73. The van der Waals surface area contributed by atoms with Crippen molar-refractivity contribution in [2.75, 3.05) is 57.3 Å². The monoisotopic (exact) mass is 505 g/mol. The molecule has 1 aromatic rings. The molecule has 2 fully saturated rings. The average molecular weight is 506 g/mol. The zero-order valence-electron chi connectivity index (χ0n) is 17.1. The number of anilines is 1. The Hall–Kier alpha value is -0.540. The number of thiophene rings is 1. The van der Waals surface area contributed by atoms with Crippen molar-refractivity contribution in [2.45, 2.75) is 39.7 Å². The van der Waals surface area contributed by atoms with Crippen LogP contribution in [-0.4, -0.2) is 74.2 Å². The van der Waals surface area contributed by atoms with Crippen LogP contribution in [0.5, 0.6) is 0 Å². The van der Waals surface area contributed by atoms with Crippen molar-refractivity contribution < 1.29 is 0 Å². The zero-order chi connectivity index (χ0) is 18.4. The van der Waals surface area contributed by atoms with Gasteiger partial charge in [0.15, 0.2) is 5.96 Å². The van der Waals surface area contributed by atoms with Crippen LogP contribution in [-0.2, 0) is 0 Å². The molecule has 0 aromatic carbocycles. The van der Waals surface area contributed by atoms with E-state index in [-0.39, 0.29) is 24.0 Å². The third-order valence-electron chi connectivity index (χ3n) is 5.51. The Morgan fingerprint density at radius 3 is 2.67 bits per heavy atom. The van der Waals surface area contributed by atoms with Gasteiger partial charge in [0.25, 0.3) is 0 Å². The summed E-state index contributed by atoms with van der Waals surface area (Å²) >= 11 is 1.84. The third kappa shape index (κ3) is 6.49. The number of hydrogen-bond donors (Lipinski definition) is 1. The Morgan fingerprint density at radius 1 is 1.26 bits per heavy atom. The van der Waals surface area contributed by atoms with Gasteiger partial charge < -0.3 is 20.0 Å².